The Labute approximate surface area is 101 Å². The van der Waals surface area contributed by atoms with Crippen molar-refractivity contribution in [3.05, 3.63) is 0 Å². The fourth-order valence-corrected chi connectivity index (χ4v) is 2.69. The van der Waals surface area contributed by atoms with E-state index in [1.807, 2.05) is 0 Å². The Morgan fingerprint density at radius 3 is 2.19 bits per heavy atom. The molecule has 4 heteroatoms. The van der Waals surface area contributed by atoms with Crippen molar-refractivity contribution in [1.82, 2.24) is 5.32 Å². The number of sulfone groups is 1. The molecule has 0 aliphatic carbocycles. The zero-order chi connectivity index (χ0) is 12.8. The molecule has 0 saturated carbocycles. The smallest absolute Gasteiger partial charge is 0.152 e. The Morgan fingerprint density at radius 1 is 1.19 bits per heavy atom. The van der Waals surface area contributed by atoms with Gasteiger partial charge in [0, 0.05) is 0 Å². The van der Waals surface area contributed by atoms with Gasteiger partial charge in [0.05, 0.1) is 11.0 Å². The SMILES string of the molecule is CCNCCC(C)(C)CCS(=O)(=O)C(C)C. The molecule has 0 aliphatic heterocycles. The quantitative estimate of drug-likeness (QED) is 0.671. The second-order valence-electron chi connectivity index (χ2n) is 5.43. The van der Waals surface area contributed by atoms with E-state index in [9.17, 15) is 8.42 Å². The maximum absolute atomic E-state index is 11.7. The van der Waals surface area contributed by atoms with Crippen LogP contribution in [-0.2, 0) is 9.84 Å². The van der Waals surface area contributed by atoms with Gasteiger partial charge in [-0.05, 0) is 45.2 Å². The third-order valence-corrected chi connectivity index (χ3v) is 5.22. The van der Waals surface area contributed by atoms with Crippen LogP contribution in [0.25, 0.3) is 0 Å². The van der Waals surface area contributed by atoms with E-state index in [0.717, 1.165) is 25.9 Å². The highest BCUT2D eigenvalue weighted by Gasteiger charge is 2.23. The van der Waals surface area contributed by atoms with E-state index in [4.69, 9.17) is 0 Å². The summed E-state index contributed by atoms with van der Waals surface area (Å²) in [6.45, 7) is 11.8. The van der Waals surface area contributed by atoms with E-state index < -0.39 is 9.84 Å². The molecule has 0 bridgehead atoms. The highest BCUT2D eigenvalue weighted by molar-refractivity contribution is 7.91. The van der Waals surface area contributed by atoms with Gasteiger partial charge in [0.25, 0.3) is 0 Å². The summed E-state index contributed by atoms with van der Waals surface area (Å²) in [5.74, 6) is 0.309. The first-order valence-corrected chi connectivity index (χ1v) is 7.85. The van der Waals surface area contributed by atoms with E-state index in [-0.39, 0.29) is 10.7 Å². The minimum absolute atomic E-state index is 0.101. The van der Waals surface area contributed by atoms with Gasteiger partial charge in [-0.25, -0.2) is 8.42 Å². The second-order valence-corrected chi connectivity index (χ2v) is 8.11. The summed E-state index contributed by atoms with van der Waals surface area (Å²) in [6.07, 6.45) is 1.77. The Balaban J connectivity index is 4.08. The fourth-order valence-electron chi connectivity index (χ4n) is 1.38. The van der Waals surface area contributed by atoms with Crippen molar-refractivity contribution >= 4 is 9.84 Å². The van der Waals surface area contributed by atoms with Gasteiger partial charge in [-0.2, -0.15) is 0 Å². The summed E-state index contributed by atoms with van der Waals surface area (Å²) < 4.78 is 23.4. The molecule has 0 radical (unpaired) electrons. The van der Waals surface area contributed by atoms with Crippen LogP contribution in [-0.4, -0.2) is 32.5 Å². The third-order valence-electron chi connectivity index (χ3n) is 3.01. The van der Waals surface area contributed by atoms with E-state index in [1.54, 1.807) is 13.8 Å². The van der Waals surface area contributed by atoms with Gasteiger partial charge < -0.3 is 5.32 Å². The molecule has 0 unspecified atom stereocenters. The fraction of sp³-hybridized carbons (Fsp3) is 1.00. The Bertz CT molecular complexity index is 281. The highest BCUT2D eigenvalue weighted by Crippen LogP contribution is 2.25. The number of nitrogens with one attached hydrogen (secondary N) is 1. The maximum Gasteiger partial charge on any atom is 0.152 e. The van der Waals surface area contributed by atoms with Crippen LogP contribution in [0.4, 0.5) is 0 Å². The summed E-state index contributed by atoms with van der Waals surface area (Å²) in [6, 6.07) is 0. The first-order valence-electron chi connectivity index (χ1n) is 6.13. The summed E-state index contributed by atoms with van der Waals surface area (Å²) >= 11 is 0. The van der Waals surface area contributed by atoms with Gasteiger partial charge >= 0.3 is 0 Å². The average Bonchev–Trinajstić information content (AvgIpc) is 2.15. The lowest BCUT2D eigenvalue weighted by molar-refractivity contribution is 0.317. The molecule has 3 nitrogen and oxygen atoms in total. The van der Waals surface area contributed by atoms with Crippen molar-refractivity contribution in [1.29, 1.82) is 0 Å². The molecule has 0 fully saturated rings. The van der Waals surface area contributed by atoms with E-state index in [0.29, 0.717) is 5.75 Å². The molecule has 16 heavy (non-hydrogen) atoms. The molecule has 0 amide bonds. The van der Waals surface area contributed by atoms with Crippen LogP contribution in [0.5, 0.6) is 0 Å². The molecule has 0 saturated heterocycles. The molecule has 0 atom stereocenters. The van der Waals surface area contributed by atoms with Crippen molar-refractivity contribution in [2.75, 3.05) is 18.8 Å². The predicted molar refractivity (Wildman–Crippen MR) is 70.5 cm³/mol. The Morgan fingerprint density at radius 2 is 1.75 bits per heavy atom. The zero-order valence-corrected chi connectivity index (χ0v) is 12.2. The molecule has 0 aromatic rings. The van der Waals surface area contributed by atoms with E-state index in [1.165, 1.54) is 0 Å². The van der Waals surface area contributed by atoms with Crippen LogP contribution in [0.3, 0.4) is 0 Å². The largest absolute Gasteiger partial charge is 0.317 e. The van der Waals surface area contributed by atoms with Gasteiger partial charge in [0.1, 0.15) is 0 Å². The lowest BCUT2D eigenvalue weighted by Crippen LogP contribution is -2.26. The highest BCUT2D eigenvalue weighted by atomic mass is 32.2. The lowest BCUT2D eigenvalue weighted by atomic mass is 9.86. The van der Waals surface area contributed by atoms with Gasteiger partial charge in [-0.1, -0.05) is 20.8 Å². The normalized spacial score (nSPS) is 13.4. The predicted octanol–water partition coefficient (Wildman–Crippen LogP) is 2.23. The second kappa shape index (κ2) is 6.60. The van der Waals surface area contributed by atoms with Crippen molar-refractivity contribution < 1.29 is 8.42 Å². The van der Waals surface area contributed by atoms with E-state index >= 15 is 0 Å². The first kappa shape index (κ1) is 15.9. The minimum atomic E-state index is -2.88. The molecular formula is C12H27NO2S. The monoisotopic (exact) mass is 249 g/mol. The number of hydrogen-bond acceptors (Lipinski definition) is 3. The van der Waals surface area contributed by atoms with Crippen LogP contribution in [0.1, 0.15) is 47.5 Å². The molecule has 1 N–H and O–H groups in total. The molecule has 0 aromatic heterocycles. The standard InChI is InChI=1S/C12H27NO2S/c1-6-13-9-7-12(4,5)8-10-16(14,15)11(2)3/h11,13H,6-10H2,1-5H3. The molecule has 0 aromatic carbocycles. The van der Waals surface area contributed by atoms with Gasteiger partial charge in [-0.15, -0.1) is 0 Å². The van der Waals surface area contributed by atoms with Gasteiger partial charge in [0.15, 0.2) is 9.84 Å². The summed E-state index contributed by atoms with van der Waals surface area (Å²) in [7, 11) is -2.88. The van der Waals surface area contributed by atoms with Crippen LogP contribution >= 0.6 is 0 Å². The average molecular weight is 249 g/mol. The third kappa shape index (κ3) is 6.48. The van der Waals surface area contributed by atoms with E-state index in [2.05, 4.69) is 26.1 Å². The lowest BCUT2D eigenvalue weighted by Gasteiger charge is -2.25. The maximum atomic E-state index is 11.7. The minimum Gasteiger partial charge on any atom is -0.317 e. The molecule has 0 heterocycles. The Hall–Kier alpha value is -0.0900. The number of rotatable bonds is 8. The number of hydrogen-bond donors (Lipinski definition) is 1. The van der Waals surface area contributed by atoms with Gasteiger partial charge in [-0.3, -0.25) is 0 Å². The van der Waals surface area contributed by atoms with Crippen LogP contribution < -0.4 is 5.32 Å². The van der Waals surface area contributed by atoms with Gasteiger partial charge in [0.2, 0.25) is 0 Å². The topological polar surface area (TPSA) is 46.2 Å². The summed E-state index contributed by atoms with van der Waals surface area (Å²) in [4.78, 5) is 0. The van der Waals surface area contributed by atoms with Crippen molar-refractivity contribution in [2.45, 2.75) is 52.7 Å². The molecule has 0 aliphatic rings. The molecule has 0 spiro atoms. The Kier molecular flexibility index (Phi) is 6.56. The first-order chi connectivity index (χ1) is 7.21. The molecule has 0 rings (SSSR count). The molecule has 98 valence electrons. The summed E-state index contributed by atoms with van der Waals surface area (Å²) in [5, 5.41) is 3.02. The van der Waals surface area contributed by atoms with Crippen LogP contribution in [0, 0.1) is 5.41 Å². The summed E-state index contributed by atoms with van der Waals surface area (Å²) in [5.41, 5.74) is 0.101. The zero-order valence-electron chi connectivity index (χ0n) is 11.3. The van der Waals surface area contributed by atoms with Crippen molar-refractivity contribution in [3.63, 3.8) is 0 Å². The van der Waals surface area contributed by atoms with Crippen molar-refractivity contribution in [3.8, 4) is 0 Å². The van der Waals surface area contributed by atoms with Crippen LogP contribution in [0.15, 0.2) is 0 Å². The van der Waals surface area contributed by atoms with Crippen molar-refractivity contribution in [2.24, 2.45) is 5.41 Å². The van der Waals surface area contributed by atoms with Crippen LogP contribution in [0.2, 0.25) is 0 Å². The molecular weight excluding hydrogens is 222 g/mol.